The zero-order valence-electron chi connectivity index (χ0n) is 14.6. The van der Waals surface area contributed by atoms with Gasteiger partial charge in [0, 0.05) is 37.5 Å². The number of carbonyl (C=O) groups is 1. The topological polar surface area (TPSA) is 81.1 Å². The molecule has 2 aromatic rings. The third-order valence-corrected chi connectivity index (χ3v) is 5.07. The summed E-state index contributed by atoms with van der Waals surface area (Å²) in [6.07, 6.45) is 2.14. The fourth-order valence-electron chi connectivity index (χ4n) is 3.77. The van der Waals surface area contributed by atoms with Crippen LogP contribution in [0.15, 0.2) is 12.3 Å². The Labute approximate surface area is 153 Å². The first kappa shape index (κ1) is 17.9. The lowest BCUT2D eigenvalue weighted by molar-refractivity contribution is -0.169. The predicted molar refractivity (Wildman–Crippen MR) is 91.3 cm³/mol. The molecule has 0 atom stereocenters. The maximum absolute atomic E-state index is 14.6. The van der Waals surface area contributed by atoms with Gasteiger partial charge in [0.25, 0.3) is 0 Å². The van der Waals surface area contributed by atoms with Gasteiger partial charge in [-0.15, -0.1) is 0 Å². The summed E-state index contributed by atoms with van der Waals surface area (Å²) < 4.78 is 45.0. The molecule has 0 amide bonds. The number of halogens is 2. The molecule has 9 heteroatoms. The molecule has 0 radical (unpaired) electrons. The SMILES string of the molecule is COc1c(F)cc2c(N3CCC4(CC3)OCCO4)c(C(=O)O)cnc2c1F. The molecule has 2 aliphatic rings. The van der Waals surface area contributed by atoms with E-state index in [9.17, 15) is 18.7 Å². The Balaban J connectivity index is 1.82. The molecule has 2 saturated heterocycles. The quantitative estimate of drug-likeness (QED) is 0.876. The molecule has 27 heavy (non-hydrogen) atoms. The average Bonchev–Trinajstić information content (AvgIpc) is 3.10. The van der Waals surface area contributed by atoms with E-state index >= 15 is 0 Å². The summed E-state index contributed by atoms with van der Waals surface area (Å²) in [5.41, 5.74) is -0.0154. The van der Waals surface area contributed by atoms with E-state index in [1.165, 1.54) is 0 Å². The summed E-state index contributed by atoms with van der Waals surface area (Å²) in [6, 6.07) is 1.07. The summed E-state index contributed by atoms with van der Waals surface area (Å²) in [6.45, 7) is 1.90. The molecule has 4 rings (SSSR count). The lowest BCUT2D eigenvalue weighted by atomic mass is 10.00. The third-order valence-electron chi connectivity index (χ3n) is 5.07. The van der Waals surface area contributed by atoms with Crippen molar-refractivity contribution in [2.45, 2.75) is 18.6 Å². The van der Waals surface area contributed by atoms with Crippen molar-refractivity contribution in [3.63, 3.8) is 0 Å². The molecule has 0 unspecified atom stereocenters. The number of benzene rings is 1. The van der Waals surface area contributed by atoms with Crippen LogP contribution in [-0.4, -0.2) is 55.3 Å². The molecule has 0 aliphatic carbocycles. The Hall–Kier alpha value is -2.52. The smallest absolute Gasteiger partial charge is 0.339 e. The van der Waals surface area contributed by atoms with Gasteiger partial charge in [-0.05, 0) is 6.07 Å². The zero-order chi connectivity index (χ0) is 19.2. The third kappa shape index (κ3) is 2.87. The lowest BCUT2D eigenvalue weighted by Crippen LogP contribution is -2.45. The molecule has 2 aliphatic heterocycles. The van der Waals surface area contributed by atoms with Crippen LogP contribution in [0.5, 0.6) is 5.75 Å². The molecule has 1 aromatic heterocycles. The monoisotopic (exact) mass is 380 g/mol. The van der Waals surface area contributed by atoms with Gasteiger partial charge < -0.3 is 24.2 Å². The molecule has 3 heterocycles. The molecule has 2 fully saturated rings. The second-order valence-electron chi connectivity index (χ2n) is 6.52. The highest BCUT2D eigenvalue weighted by Gasteiger charge is 2.40. The summed E-state index contributed by atoms with van der Waals surface area (Å²) in [4.78, 5) is 17.4. The Morgan fingerprint density at radius 2 is 1.96 bits per heavy atom. The number of fused-ring (bicyclic) bond motifs is 1. The summed E-state index contributed by atoms with van der Waals surface area (Å²) >= 11 is 0. The number of aromatic nitrogens is 1. The Morgan fingerprint density at radius 1 is 1.30 bits per heavy atom. The number of carboxylic acids is 1. The van der Waals surface area contributed by atoms with E-state index in [1.807, 2.05) is 0 Å². The number of ether oxygens (including phenoxy) is 3. The first-order chi connectivity index (χ1) is 13.0. The van der Waals surface area contributed by atoms with Crippen molar-refractivity contribution in [3.05, 3.63) is 29.5 Å². The maximum atomic E-state index is 14.6. The average molecular weight is 380 g/mol. The molecule has 144 valence electrons. The lowest BCUT2D eigenvalue weighted by Gasteiger charge is -2.39. The second-order valence-corrected chi connectivity index (χ2v) is 6.52. The van der Waals surface area contributed by atoms with Gasteiger partial charge >= 0.3 is 5.97 Å². The van der Waals surface area contributed by atoms with Crippen LogP contribution in [0.1, 0.15) is 23.2 Å². The van der Waals surface area contributed by atoms with E-state index in [2.05, 4.69) is 4.98 Å². The molecule has 0 bridgehead atoms. The Bertz CT molecular complexity index is 904. The van der Waals surface area contributed by atoms with E-state index in [0.29, 0.717) is 39.1 Å². The fourth-order valence-corrected chi connectivity index (χ4v) is 3.77. The number of methoxy groups -OCH3 is 1. The number of hydrogen-bond donors (Lipinski definition) is 1. The minimum Gasteiger partial charge on any atom is -0.491 e. The standard InChI is InChI=1S/C18H18F2N2O5/c1-25-16-12(19)8-10-14(13(16)20)21-9-11(17(23)24)15(10)22-4-2-18(3-5-22)26-6-7-27-18/h8-9H,2-7H2,1H3,(H,23,24). The van der Waals surface area contributed by atoms with E-state index in [0.717, 1.165) is 19.4 Å². The van der Waals surface area contributed by atoms with E-state index < -0.39 is 29.1 Å². The van der Waals surface area contributed by atoms with Gasteiger partial charge in [0.05, 0.1) is 26.0 Å². The number of hydrogen-bond acceptors (Lipinski definition) is 6. The number of carboxylic acid groups (broad SMARTS) is 1. The number of anilines is 1. The molecular weight excluding hydrogens is 362 g/mol. The Kier molecular flexibility index (Phi) is 4.35. The van der Waals surface area contributed by atoms with Gasteiger partial charge in [0.2, 0.25) is 0 Å². The Morgan fingerprint density at radius 3 is 2.56 bits per heavy atom. The molecule has 0 saturated carbocycles. The van der Waals surface area contributed by atoms with E-state index in [-0.39, 0.29) is 22.2 Å². The summed E-state index contributed by atoms with van der Waals surface area (Å²) in [5, 5.41) is 9.66. The van der Waals surface area contributed by atoms with Crippen molar-refractivity contribution >= 4 is 22.6 Å². The van der Waals surface area contributed by atoms with Crippen molar-refractivity contribution in [1.29, 1.82) is 0 Å². The van der Waals surface area contributed by atoms with Crippen molar-refractivity contribution in [2.75, 3.05) is 38.3 Å². The molecule has 7 nitrogen and oxygen atoms in total. The van der Waals surface area contributed by atoms with Crippen molar-refractivity contribution in [2.24, 2.45) is 0 Å². The van der Waals surface area contributed by atoms with E-state index in [4.69, 9.17) is 14.2 Å². The van der Waals surface area contributed by atoms with Gasteiger partial charge in [-0.3, -0.25) is 4.98 Å². The van der Waals surface area contributed by atoms with Gasteiger partial charge in [0.1, 0.15) is 11.1 Å². The minimum atomic E-state index is -1.22. The van der Waals surface area contributed by atoms with Gasteiger partial charge in [-0.2, -0.15) is 0 Å². The number of rotatable bonds is 3. The van der Waals surface area contributed by atoms with Gasteiger partial charge in [0.15, 0.2) is 23.2 Å². The zero-order valence-corrected chi connectivity index (χ0v) is 14.6. The number of aromatic carboxylic acids is 1. The highest BCUT2D eigenvalue weighted by Crippen LogP contribution is 2.39. The van der Waals surface area contributed by atoms with Crippen LogP contribution >= 0.6 is 0 Å². The van der Waals surface area contributed by atoms with Crippen LogP contribution in [-0.2, 0) is 9.47 Å². The van der Waals surface area contributed by atoms with Crippen molar-refractivity contribution in [1.82, 2.24) is 4.98 Å². The molecule has 1 aromatic carbocycles. The first-order valence-corrected chi connectivity index (χ1v) is 8.56. The number of piperidine rings is 1. The summed E-state index contributed by atoms with van der Waals surface area (Å²) in [7, 11) is 1.16. The summed E-state index contributed by atoms with van der Waals surface area (Å²) in [5.74, 6) is -4.28. The highest BCUT2D eigenvalue weighted by atomic mass is 19.1. The molecule has 1 spiro atoms. The number of pyridine rings is 1. The van der Waals surface area contributed by atoms with Crippen LogP contribution in [0.25, 0.3) is 10.9 Å². The molecule has 1 N–H and O–H groups in total. The van der Waals surface area contributed by atoms with Gasteiger partial charge in [-0.25, -0.2) is 13.6 Å². The van der Waals surface area contributed by atoms with Gasteiger partial charge in [-0.1, -0.05) is 0 Å². The minimum absolute atomic E-state index is 0.0925. The van der Waals surface area contributed by atoms with Crippen LogP contribution < -0.4 is 9.64 Å². The van der Waals surface area contributed by atoms with Crippen LogP contribution in [0.2, 0.25) is 0 Å². The van der Waals surface area contributed by atoms with Crippen molar-refractivity contribution < 1.29 is 32.9 Å². The maximum Gasteiger partial charge on any atom is 0.339 e. The van der Waals surface area contributed by atoms with Crippen LogP contribution in [0, 0.1) is 11.6 Å². The molecular formula is C18H18F2N2O5. The van der Waals surface area contributed by atoms with Crippen molar-refractivity contribution in [3.8, 4) is 5.75 Å². The van der Waals surface area contributed by atoms with E-state index in [1.54, 1.807) is 4.90 Å². The highest BCUT2D eigenvalue weighted by molar-refractivity contribution is 6.05. The van der Waals surface area contributed by atoms with Crippen LogP contribution in [0.4, 0.5) is 14.5 Å². The normalized spacial score (nSPS) is 19.0. The predicted octanol–water partition coefficient (Wildman–Crippen LogP) is 2.56. The van der Waals surface area contributed by atoms with Crippen LogP contribution in [0.3, 0.4) is 0 Å². The number of nitrogens with zero attached hydrogens (tertiary/aromatic N) is 2. The largest absolute Gasteiger partial charge is 0.491 e. The second kappa shape index (κ2) is 6.58. The first-order valence-electron chi connectivity index (χ1n) is 8.56. The fraction of sp³-hybridized carbons (Fsp3) is 0.444.